The quantitative estimate of drug-likeness (QED) is 0.690. The van der Waals surface area contributed by atoms with E-state index < -0.39 is 0 Å². The fraction of sp³-hybridized carbons (Fsp3) is 0.900. The van der Waals surface area contributed by atoms with Crippen molar-refractivity contribution in [3.63, 3.8) is 0 Å². The van der Waals surface area contributed by atoms with Crippen molar-refractivity contribution in [2.24, 2.45) is 0 Å². The Balaban J connectivity index is 2.49. The Morgan fingerprint density at radius 1 is 1.62 bits per heavy atom. The lowest BCUT2D eigenvalue weighted by atomic mass is 10.2. The zero-order chi connectivity index (χ0) is 9.68. The Morgan fingerprint density at radius 2 is 2.38 bits per heavy atom. The summed E-state index contributed by atoms with van der Waals surface area (Å²) in [5.74, 6) is 0. The molecule has 13 heavy (non-hydrogen) atoms. The minimum atomic E-state index is 0.370. The molecule has 0 aliphatic carbocycles. The van der Waals surface area contributed by atoms with Crippen LogP contribution in [0.3, 0.4) is 0 Å². The van der Waals surface area contributed by atoms with Gasteiger partial charge in [-0.05, 0) is 26.4 Å². The Hall–Kier alpha value is -0.590. The molecule has 1 saturated heterocycles. The van der Waals surface area contributed by atoms with Crippen molar-refractivity contribution < 1.29 is 0 Å². The van der Waals surface area contributed by atoms with Gasteiger partial charge in [0, 0.05) is 18.6 Å². The fourth-order valence-electron chi connectivity index (χ4n) is 1.89. The first-order chi connectivity index (χ1) is 6.27. The maximum atomic E-state index is 8.63. The van der Waals surface area contributed by atoms with Gasteiger partial charge in [-0.3, -0.25) is 4.90 Å². The minimum absolute atomic E-state index is 0.370. The van der Waals surface area contributed by atoms with Crippen molar-refractivity contribution in [1.82, 2.24) is 10.2 Å². The fourth-order valence-corrected chi connectivity index (χ4v) is 1.89. The predicted molar refractivity (Wildman–Crippen MR) is 53.3 cm³/mol. The van der Waals surface area contributed by atoms with E-state index in [9.17, 15) is 0 Å². The standard InChI is InChI=1S/C10H19N3/c1-3-13-8-10(4-6-11)12-7-5-9(13)2/h9-10,12H,3-5,7-8H2,1-2H3. The van der Waals surface area contributed by atoms with Gasteiger partial charge >= 0.3 is 0 Å². The highest BCUT2D eigenvalue weighted by Gasteiger charge is 2.20. The van der Waals surface area contributed by atoms with Crippen molar-refractivity contribution in [3.8, 4) is 6.07 Å². The lowest BCUT2D eigenvalue weighted by Crippen LogP contribution is -2.39. The largest absolute Gasteiger partial charge is 0.312 e. The number of hydrogen-bond donors (Lipinski definition) is 1. The van der Waals surface area contributed by atoms with Crippen LogP contribution in [0.5, 0.6) is 0 Å². The summed E-state index contributed by atoms with van der Waals surface area (Å²) in [7, 11) is 0. The first kappa shape index (κ1) is 10.5. The van der Waals surface area contributed by atoms with Crippen molar-refractivity contribution >= 4 is 0 Å². The molecule has 74 valence electrons. The Bertz CT molecular complexity index is 185. The van der Waals surface area contributed by atoms with Crippen molar-refractivity contribution in [2.45, 2.75) is 38.8 Å². The Kier molecular flexibility index (Phi) is 4.20. The summed E-state index contributed by atoms with van der Waals surface area (Å²) in [5.41, 5.74) is 0. The van der Waals surface area contributed by atoms with E-state index in [0.717, 1.165) is 19.6 Å². The van der Waals surface area contributed by atoms with Crippen LogP contribution in [-0.2, 0) is 0 Å². The molecule has 1 rings (SSSR count). The molecule has 3 nitrogen and oxygen atoms in total. The maximum Gasteiger partial charge on any atom is 0.0638 e. The molecule has 0 bridgehead atoms. The summed E-state index contributed by atoms with van der Waals surface area (Å²) in [4.78, 5) is 2.45. The van der Waals surface area contributed by atoms with Gasteiger partial charge in [-0.15, -0.1) is 0 Å². The van der Waals surface area contributed by atoms with E-state index in [1.54, 1.807) is 0 Å². The SMILES string of the molecule is CCN1CC(CC#N)NCCC1C. The highest BCUT2D eigenvalue weighted by Crippen LogP contribution is 2.09. The van der Waals surface area contributed by atoms with Gasteiger partial charge in [-0.1, -0.05) is 6.92 Å². The van der Waals surface area contributed by atoms with Crippen LogP contribution in [0, 0.1) is 11.3 Å². The summed E-state index contributed by atoms with van der Waals surface area (Å²) >= 11 is 0. The second-order valence-electron chi connectivity index (χ2n) is 3.74. The molecule has 2 atom stereocenters. The van der Waals surface area contributed by atoms with Crippen LogP contribution in [0.15, 0.2) is 0 Å². The van der Waals surface area contributed by atoms with Crippen LogP contribution in [0.2, 0.25) is 0 Å². The average Bonchev–Trinajstić information content (AvgIpc) is 2.29. The third-order valence-electron chi connectivity index (χ3n) is 2.82. The van der Waals surface area contributed by atoms with Crippen molar-refractivity contribution in [1.29, 1.82) is 5.26 Å². The highest BCUT2D eigenvalue weighted by atomic mass is 15.2. The van der Waals surface area contributed by atoms with Crippen LogP contribution in [0.25, 0.3) is 0 Å². The monoisotopic (exact) mass is 181 g/mol. The van der Waals surface area contributed by atoms with Crippen molar-refractivity contribution in [3.05, 3.63) is 0 Å². The summed E-state index contributed by atoms with van der Waals surface area (Å²) in [6.45, 7) is 7.60. The van der Waals surface area contributed by atoms with E-state index in [4.69, 9.17) is 5.26 Å². The van der Waals surface area contributed by atoms with Gasteiger partial charge in [0.05, 0.1) is 12.5 Å². The topological polar surface area (TPSA) is 39.1 Å². The zero-order valence-corrected chi connectivity index (χ0v) is 8.58. The van der Waals surface area contributed by atoms with E-state index in [-0.39, 0.29) is 0 Å². The van der Waals surface area contributed by atoms with E-state index in [0.29, 0.717) is 18.5 Å². The molecule has 0 radical (unpaired) electrons. The number of rotatable bonds is 2. The third kappa shape index (κ3) is 2.98. The summed E-state index contributed by atoms with van der Waals surface area (Å²) in [6.07, 6.45) is 1.82. The van der Waals surface area contributed by atoms with Crippen LogP contribution in [-0.4, -0.2) is 36.6 Å². The number of hydrogen-bond acceptors (Lipinski definition) is 3. The normalized spacial score (nSPS) is 30.8. The number of nitrogens with zero attached hydrogens (tertiary/aromatic N) is 2. The molecule has 0 amide bonds. The Morgan fingerprint density at radius 3 is 3.00 bits per heavy atom. The molecule has 0 aromatic rings. The van der Waals surface area contributed by atoms with Gasteiger partial charge < -0.3 is 5.32 Å². The smallest absolute Gasteiger partial charge is 0.0638 e. The van der Waals surface area contributed by atoms with Gasteiger partial charge in [0.25, 0.3) is 0 Å². The van der Waals surface area contributed by atoms with E-state index in [1.165, 1.54) is 6.42 Å². The number of nitrogens with one attached hydrogen (secondary N) is 1. The van der Waals surface area contributed by atoms with Crippen molar-refractivity contribution in [2.75, 3.05) is 19.6 Å². The molecule has 3 heteroatoms. The number of likely N-dealkylation sites (N-methyl/N-ethyl adjacent to an activating group) is 1. The Labute approximate surface area is 80.7 Å². The lowest BCUT2D eigenvalue weighted by molar-refractivity contribution is 0.216. The van der Waals surface area contributed by atoms with E-state index in [2.05, 4.69) is 30.1 Å². The minimum Gasteiger partial charge on any atom is -0.312 e. The molecule has 1 fully saturated rings. The molecule has 1 aliphatic heterocycles. The van der Waals surface area contributed by atoms with Gasteiger partial charge in [-0.25, -0.2) is 0 Å². The molecular formula is C10H19N3. The van der Waals surface area contributed by atoms with Crippen LogP contribution < -0.4 is 5.32 Å². The van der Waals surface area contributed by atoms with Gasteiger partial charge in [-0.2, -0.15) is 5.26 Å². The second kappa shape index (κ2) is 5.21. The second-order valence-corrected chi connectivity index (χ2v) is 3.74. The predicted octanol–water partition coefficient (Wildman–Crippen LogP) is 0.972. The summed E-state index contributed by atoms with van der Waals surface area (Å²) < 4.78 is 0. The molecule has 0 spiro atoms. The van der Waals surface area contributed by atoms with Gasteiger partial charge in [0.2, 0.25) is 0 Å². The first-order valence-corrected chi connectivity index (χ1v) is 5.12. The highest BCUT2D eigenvalue weighted by molar-refractivity contribution is 4.86. The maximum absolute atomic E-state index is 8.63. The molecule has 1 N–H and O–H groups in total. The summed E-state index contributed by atoms with van der Waals surface area (Å²) in [5, 5.41) is 12.0. The van der Waals surface area contributed by atoms with Crippen LogP contribution in [0.4, 0.5) is 0 Å². The van der Waals surface area contributed by atoms with Gasteiger partial charge in [0.1, 0.15) is 0 Å². The molecule has 1 aliphatic rings. The first-order valence-electron chi connectivity index (χ1n) is 5.12. The van der Waals surface area contributed by atoms with E-state index in [1.807, 2.05) is 0 Å². The van der Waals surface area contributed by atoms with Gasteiger partial charge in [0.15, 0.2) is 0 Å². The molecule has 2 unspecified atom stereocenters. The zero-order valence-electron chi connectivity index (χ0n) is 8.58. The lowest BCUT2D eigenvalue weighted by Gasteiger charge is -2.26. The molecule has 0 saturated carbocycles. The molecular weight excluding hydrogens is 162 g/mol. The van der Waals surface area contributed by atoms with Crippen LogP contribution >= 0.6 is 0 Å². The molecule has 0 aromatic heterocycles. The summed E-state index contributed by atoms with van der Waals surface area (Å²) in [6, 6.07) is 3.26. The molecule has 1 heterocycles. The number of nitriles is 1. The average molecular weight is 181 g/mol. The third-order valence-corrected chi connectivity index (χ3v) is 2.82. The van der Waals surface area contributed by atoms with E-state index >= 15 is 0 Å². The van der Waals surface area contributed by atoms with Crippen LogP contribution in [0.1, 0.15) is 26.7 Å². The molecule has 0 aromatic carbocycles.